The molecule has 1 atom stereocenters. The molecule has 0 amide bonds. The van der Waals surface area contributed by atoms with Crippen LogP contribution in [-0.2, 0) is 12.6 Å². The van der Waals surface area contributed by atoms with Gasteiger partial charge in [0.25, 0.3) is 0 Å². The van der Waals surface area contributed by atoms with E-state index >= 15 is 0 Å². The molecule has 0 spiro atoms. The molecular formula is C11H14F3NO. The van der Waals surface area contributed by atoms with Crippen LogP contribution in [0.3, 0.4) is 0 Å². The van der Waals surface area contributed by atoms with Crippen molar-refractivity contribution in [3.8, 4) is 0 Å². The molecule has 0 saturated heterocycles. The number of halogens is 3. The van der Waals surface area contributed by atoms with E-state index in [0.717, 1.165) is 12.1 Å². The fraction of sp³-hybridized carbons (Fsp3) is 0.455. The lowest BCUT2D eigenvalue weighted by Gasteiger charge is -2.10. The molecule has 0 saturated carbocycles. The molecule has 3 N–H and O–H groups in total. The molecule has 0 bridgehead atoms. The summed E-state index contributed by atoms with van der Waals surface area (Å²) in [5.74, 6) is 0. The van der Waals surface area contributed by atoms with E-state index in [9.17, 15) is 18.3 Å². The quantitative estimate of drug-likeness (QED) is 0.835. The number of rotatable bonds is 4. The van der Waals surface area contributed by atoms with Crippen molar-refractivity contribution in [2.24, 2.45) is 5.73 Å². The minimum absolute atomic E-state index is 0.124. The summed E-state index contributed by atoms with van der Waals surface area (Å²) in [6, 6.07) is 5.11. The molecule has 90 valence electrons. The summed E-state index contributed by atoms with van der Waals surface area (Å²) in [6.07, 6.45) is -4.21. The van der Waals surface area contributed by atoms with Crippen LogP contribution in [0.25, 0.3) is 0 Å². The average Bonchev–Trinajstić information content (AvgIpc) is 2.25. The second kappa shape index (κ2) is 5.32. The molecule has 0 fully saturated rings. The highest BCUT2D eigenvalue weighted by atomic mass is 19.4. The maximum absolute atomic E-state index is 12.4. The monoisotopic (exact) mass is 233 g/mol. The zero-order chi connectivity index (χ0) is 12.2. The lowest BCUT2D eigenvalue weighted by Crippen LogP contribution is -2.20. The Kier molecular flexibility index (Phi) is 4.32. The molecule has 1 aromatic rings. The van der Waals surface area contributed by atoms with Crippen LogP contribution >= 0.6 is 0 Å². The van der Waals surface area contributed by atoms with Crippen LogP contribution in [-0.4, -0.2) is 17.8 Å². The number of alkyl halides is 3. The van der Waals surface area contributed by atoms with Crippen LogP contribution in [0, 0.1) is 0 Å². The molecule has 0 aliphatic heterocycles. The zero-order valence-corrected chi connectivity index (χ0v) is 8.67. The molecule has 16 heavy (non-hydrogen) atoms. The van der Waals surface area contributed by atoms with Gasteiger partial charge in [0.05, 0.1) is 11.7 Å². The van der Waals surface area contributed by atoms with E-state index < -0.39 is 17.8 Å². The van der Waals surface area contributed by atoms with E-state index in [1.165, 1.54) is 6.07 Å². The number of aliphatic hydroxyl groups excluding tert-OH is 1. The average molecular weight is 233 g/mol. The predicted octanol–water partition coefficient (Wildman–Crippen LogP) is 1.96. The Morgan fingerprint density at radius 3 is 2.56 bits per heavy atom. The van der Waals surface area contributed by atoms with Crippen molar-refractivity contribution in [3.05, 3.63) is 35.4 Å². The maximum Gasteiger partial charge on any atom is 0.416 e. The number of aryl methyl sites for hydroxylation is 1. The summed E-state index contributed by atoms with van der Waals surface area (Å²) in [5.41, 5.74) is 5.10. The van der Waals surface area contributed by atoms with Crippen molar-refractivity contribution < 1.29 is 18.3 Å². The van der Waals surface area contributed by atoms with Crippen LogP contribution in [0.4, 0.5) is 13.2 Å². The smallest absolute Gasteiger partial charge is 0.392 e. The van der Waals surface area contributed by atoms with Crippen molar-refractivity contribution >= 4 is 0 Å². The van der Waals surface area contributed by atoms with Gasteiger partial charge >= 0.3 is 6.18 Å². The highest BCUT2D eigenvalue weighted by molar-refractivity contribution is 5.25. The Balaban J connectivity index is 2.68. The first-order valence-electron chi connectivity index (χ1n) is 4.97. The number of hydrogen-bond donors (Lipinski definition) is 2. The van der Waals surface area contributed by atoms with Crippen LogP contribution in [0.15, 0.2) is 24.3 Å². The second-order valence-corrected chi connectivity index (χ2v) is 3.63. The highest BCUT2D eigenvalue weighted by Crippen LogP contribution is 2.29. The standard InChI is InChI=1S/C11H14F3NO/c12-11(13,14)9-3-1-2-8(6-9)4-5-10(16)7-15/h1-3,6,10,16H,4-5,7,15H2. The third-order valence-corrected chi connectivity index (χ3v) is 2.29. The van der Waals surface area contributed by atoms with E-state index in [-0.39, 0.29) is 6.54 Å². The summed E-state index contributed by atoms with van der Waals surface area (Å²) in [6.45, 7) is 0.124. The van der Waals surface area contributed by atoms with E-state index in [2.05, 4.69) is 0 Å². The minimum atomic E-state index is -4.32. The summed E-state index contributed by atoms with van der Waals surface area (Å²) in [4.78, 5) is 0. The Morgan fingerprint density at radius 1 is 1.31 bits per heavy atom. The van der Waals surface area contributed by atoms with Crippen molar-refractivity contribution in [2.75, 3.05) is 6.54 Å². The predicted molar refractivity (Wildman–Crippen MR) is 54.8 cm³/mol. The van der Waals surface area contributed by atoms with Crippen LogP contribution in [0.2, 0.25) is 0 Å². The van der Waals surface area contributed by atoms with E-state index in [0.29, 0.717) is 18.4 Å². The van der Waals surface area contributed by atoms with E-state index in [1.54, 1.807) is 6.07 Å². The minimum Gasteiger partial charge on any atom is -0.392 e. The molecular weight excluding hydrogens is 219 g/mol. The van der Waals surface area contributed by atoms with Crippen molar-refractivity contribution in [1.29, 1.82) is 0 Å². The molecule has 0 aliphatic carbocycles. The van der Waals surface area contributed by atoms with Crippen molar-refractivity contribution in [2.45, 2.75) is 25.1 Å². The van der Waals surface area contributed by atoms with Gasteiger partial charge in [-0.3, -0.25) is 0 Å². The summed E-state index contributed by atoms with van der Waals surface area (Å²) < 4.78 is 37.1. The third-order valence-electron chi connectivity index (χ3n) is 2.29. The van der Waals surface area contributed by atoms with Gasteiger partial charge in [0.1, 0.15) is 0 Å². The van der Waals surface area contributed by atoms with Gasteiger partial charge in [-0.2, -0.15) is 13.2 Å². The molecule has 2 nitrogen and oxygen atoms in total. The summed E-state index contributed by atoms with van der Waals surface area (Å²) in [5, 5.41) is 9.20. The molecule has 0 aromatic heterocycles. The molecule has 0 radical (unpaired) electrons. The van der Waals surface area contributed by atoms with Gasteiger partial charge in [-0.25, -0.2) is 0 Å². The second-order valence-electron chi connectivity index (χ2n) is 3.63. The Labute approximate surface area is 91.9 Å². The normalized spacial score (nSPS) is 13.8. The molecule has 1 aromatic carbocycles. The van der Waals surface area contributed by atoms with Crippen molar-refractivity contribution in [1.82, 2.24) is 0 Å². The number of aliphatic hydroxyl groups is 1. The first kappa shape index (κ1) is 13.0. The zero-order valence-electron chi connectivity index (χ0n) is 8.67. The van der Waals surface area contributed by atoms with Crippen molar-refractivity contribution in [3.63, 3.8) is 0 Å². The van der Waals surface area contributed by atoms with Gasteiger partial charge in [0.15, 0.2) is 0 Å². The molecule has 0 heterocycles. The fourth-order valence-electron chi connectivity index (χ4n) is 1.35. The lowest BCUT2D eigenvalue weighted by atomic mass is 10.0. The first-order valence-corrected chi connectivity index (χ1v) is 4.97. The highest BCUT2D eigenvalue weighted by Gasteiger charge is 2.30. The molecule has 0 aliphatic rings. The van der Waals surface area contributed by atoms with Gasteiger partial charge in [0, 0.05) is 6.54 Å². The van der Waals surface area contributed by atoms with Crippen LogP contribution in [0.5, 0.6) is 0 Å². The summed E-state index contributed by atoms with van der Waals surface area (Å²) in [7, 11) is 0. The van der Waals surface area contributed by atoms with E-state index in [1.807, 2.05) is 0 Å². The SMILES string of the molecule is NCC(O)CCc1cccc(C(F)(F)F)c1. The number of nitrogens with two attached hydrogens (primary N) is 1. The topological polar surface area (TPSA) is 46.2 Å². The Morgan fingerprint density at radius 2 is 2.00 bits per heavy atom. The van der Waals surface area contributed by atoms with Gasteiger partial charge in [-0.05, 0) is 24.5 Å². The Hall–Kier alpha value is -1.07. The largest absolute Gasteiger partial charge is 0.416 e. The first-order chi connectivity index (χ1) is 7.43. The van der Waals surface area contributed by atoms with Gasteiger partial charge in [-0.15, -0.1) is 0 Å². The Bertz CT molecular complexity index is 338. The molecule has 1 unspecified atom stereocenters. The van der Waals surface area contributed by atoms with E-state index in [4.69, 9.17) is 5.73 Å². The fourth-order valence-corrected chi connectivity index (χ4v) is 1.35. The third kappa shape index (κ3) is 3.83. The summed E-state index contributed by atoms with van der Waals surface area (Å²) >= 11 is 0. The maximum atomic E-state index is 12.4. The van der Waals surface area contributed by atoms with Crippen LogP contribution in [0.1, 0.15) is 17.5 Å². The number of hydrogen-bond acceptors (Lipinski definition) is 2. The number of benzene rings is 1. The lowest BCUT2D eigenvalue weighted by molar-refractivity contribution is -0.137. The molecule has 1 rings (SSSR count). The van der Waals surface area contributed by atoms with Crippen LogP contribution < -0.4 is 5.73 Å². The van der Waals surface area contributed by atoms with Gasteiger partial charge in [0.2, 0.25) is 0 Å². The van der Waals surface area contributed by atoms with Gasteiger partial charge in [-0.1, -0.05) is 18.2 Å². The van der Waals surface area contributed by atoms with Gasteiger partial charge < -0.3 is 10.8 Å². The molecule has 5 heteroatoms.